The molecule has 7 heteroatoms. The topological polar surface area (TPSA) is 88.5 Å². The van der Waals surface area contributed by atoms with Gasteiger partial charge in [0.05, 0.1) is 16.6 Å². The van der Waals surface area contributed by atoms with E-state index in [-0.39, 0.29) is 12.5 Å². The van der Waals surface area contributed by atoms with Gasteiger partial charge >= 0.3 is 5.97 Å². The third-order valence-electron chi connectivity index (χ3n) is 3.34. The Bertz CT molecular complexity index is 480. The first kappa shape index (κ1) is 14.0. The minimum atomic E-state index is -0.909. The molecule has 6 nitrogen and oxygen atoms in total. The van der Waals surface area contributed by atoms with Crippen molar-refractivity contribution in [3.8, 4) is 0 Å². The second-order valence-corrected chi connectivity index (χ2v) is 5.86. The van der Waals surface area contributed by atoms with Crippen LogP contribution in [0.25, 0.3) is 0 Å². The normalized spacial score (nSPS) is 17.9. The zero-order valence-electron chi connectivity index (χ0n) is 10.6. The van der Waals surface area contributed by atoms with Crippen molar-refractivity contribution in [2.24, 2.45) is 5.41 Å². The molecule has 1 aliphatic heterocycles. The van der Waals surface area contributed by atoms with Crippen LogP contribution in [0.15, 0.2) is 6.20 Å². The van der Waals surface area contributed by atoms with E-state index in [0.29, 0.717) is 30.9 Å². The molecule has 0 radical (unpaired) electrons. The number of carboxylic acid groups (broad SMARTS) is 1. The number of nitrogens with one attached hydrogen (secondary N) is 1. The lowest BCUT2D eigenvalue weighted by atomic mass is 9.80. The summed E-state index contributed by atoms with van der Waals surface area (Å²) in [6.07, 6.45) is 2.35. The van der Waals surface area contributed by atoms with Crippen molar-refractivity contribution in [1.82, 2.24) is 10.3 Å². The summed E-state index contributed by atoms with van der Waals surface area (Å²) in [7, 11) is 0. The molecule has 0 saturated carbocycles. The Morgan fingerprint density at radius 1 is 1.53 bits per heavy atom. The summed E-state index contributed by atoms with van der Waals surface area (Å²) in [6, 6.07) is 0. The molecule has 1 saturated heterocycles. The first-order chi connectivity index (χ1) is 9.03. The van der Waals surface area contributed by atoms with Crippen molar-refractivity contribution in [3.63, 3.8) is 0 Å². The number of carbonyl (C=O) groups excluding carboxylic acids is 1. The Labute approximate surface area is 114 Å². The molecule has 1 amide bonds. The highest BCUT2D eigenvalue weighted by atomic mass is 32.1. The summed E-state index contributed by atoms with van der Waals surface area (Å²) >= 11 is 1.29. The molecule has 0 unspecified atom stereocenters. The molecule has 1 fully saturated rings. The molecule has 1 aromatic heterocycles. The van der Waals surface area contributed by atoms with Gasteiger partial charge in [-0.3, -0.25) is 9.59 Å². The van der Waals surface area contributed by atoms with Gasteiger partial charge in [0, 0.05) is 19.8 Å². The second-order valence-electron chi connectivity index (χ2n) is 4.62. The van der Waals surface area contributed by atoms with Gasteiger partial charge in [-0.2, -0.15) is 0 Å². The Morgan fingerprint density at radius 2 is 2.21 bits per heavy atom. The van der Waals surface area contributed by atoms with E-state index in [9.17, 15) is 14.7 Å². The van der Waals surface area contributed by atoms with Crippen molar-refractivity contribution < 1.29 is 19.4 Å². The first-order valence-corrected chi connectivity index (χ1v) is 6.87. The summed E-state index contributed by atoms with van der Waals surface area (Å²) in [6.45, 7) is 2.78. The van der Waals surface area contributed by atoms with E-state index in [1.165, 1.54) is 17.5 Å². The van der Waals surface area contributed by atoms with E-state index in [0.717, 1.165) is 5.01 Å². The number of ether oxygens (including phenoxy) is 1. The van der Waals surface area contributed by atoms with Gasteiger partial charge < -0.3 is 15.2 Å². The molecule has 0 aliphatic carbocycles. The minimum absolute atomic E-state index is 0.126. The molecule has 104 valence electrons. The lowest BCUT2D eigenvalue weighted by molar-refractivity contribution is -0.154. The van der Waals surface area contributed by atoms with E-state index >= 15 is 0 Å². The zero-order chi connectivity index (χ0) is 13.9. The van der Waals surface area contributed by atoms with E-state index in [4.69, 9.17) is 4.74 Å². The minimum Gasteiger partial charge on any atom is -0.481 e. The van der Waals surface area contributed by atoms with Crippen LogP contribution in [0.1, 0.15) is 27.5 Å². The molecular formula is C12H16N2O4S. The number of nitrogens with zero attached hydrogens (tertiary/aromatic N) is 1. The number of aryl methyl sites for hydroxylation is 1. The van der Waals surface area contributed by atoms with Gasteiger partial charge in [-0.05, 0) is 19.8 Å². The first-order valence-electron chi connectivity index (χ1n) is 6.05. The molecule has 2 rings (SSSR count). The fourth-order valence-corrected chi connectivity index (χ4v) is 2.73. The van der Waals surface area contributed by atoms with E-state index in [1.54, 1.807) is 0 Å². The molecule has 0 spiro atoms. The van der Waals surface area contributed by atoms with Crippen molar-refractivity contribution in [3.05, 3.63) is 16.1 Å². The maximum atomic E-state index is 11.9. The summed E-state index contributed by atoms with van der Waals surface area (Å²) in [5, 5.41) is 12.9. The van der Waals surface area contributed by atoms with Crippen LogP contribution in [0.5, 0.6) is 0 Å². The standard InChI is InChI=1S/C12H16N2O4S/c1-8-13-6-9(19-8)10(15)14-7-12(11(16)17)2-4-18-5-3-12/h6H,2-5,7H2,1H3,(H,14,15)(H,16,17). The van der Waals surface area contributed by atoms with Crippen molar-refractivity contribution in [1.29, 1.82) is 0 Å². The van der Waals surface area contributed by atoms with E-state index in [1.807, 2.05) is 6.92 Å². The Kier molecular flexibility index (Phi) is 4.16. The highest BCUT2D eigenvalue weighted by Gasteiger charge is 2.40. The molecular weight excluding hydrogens is 268 g/mol. The molecule has 2 N–H and O–H groups in total. The highest BCUT2D eigenvalue weighted by molar-refractivity contribution is 7.13. The van der Waals surface area contributed by atoms with Gasteiger partial charge in [0.15, 0.2) is 0 Å². The summed E-state index contributed by atoms with van der Waals surface area (Å²) in [5.41, 5.74) is -0.909. The average Bonchev–Trinajstić information content (AvgIpc) is 2.83. The fourth-order valence-electron chi connectivity index (χ4n) is 2.03. The van der Waals surface area contributed by atoms with Gasteiger partial charge in [0.1, 0.15) is 4.88 Å². The van der Waals surface area contributed by atoms with Crippen LogP contribution in [0.4, 0.5) is 0 Å². The number of carbonyl (C=O) groups is 2. The van der Waals surface area contributed by atoms with Crippen LogP contribution < -0.4 is 5.32 Å². The van der Waals surface area contributed by atoms with E-state index < -0.39 is 11.4 Å². The monoisotopic (exact) mass is 284 g/mol. The summed E-state index contributed by atoms with van der Waals surface area (Å²) in [5.74, 6) is -1.14. The largest absolute Gasteiger partial charge is 0.481 e. The summed E-state index contributed by atoms with van der Waals surface area (Å²) in [4.78, 5) is 27.8. The van der Waals surface area contributed by atoms with Gasteiger partial charge in [0.25, 0.3) is 5.91 Å². The van der Waals surface area contributed by atoms with Gasteiger partial charge in [-0.15, -0.1) is 11.3 Å². The van der Waals surface area contributed by atoms with Crippen molar-refractivity contribution in [2.75, 3.05) is 19.8 Å². The number of carboxylic acids is 1. The van der Waals surface area contributed by atoms with Crippen molar-refractivity contribution >= 4 is 23.2 Å². The summed E-state index contributed by atoms with van der Waals surface area (Å²) < 4.78 is 5.19. The quantitative estimate of drug-likeness (QED) is 0.863. The van der Waals surface area contributed by atoms with Crippen LogP contribution in [-0.4, -0.2) is 41.7 Å². The SMILES string of the molecule is Cc1ncc(C(=O)NCC2(C(=O)O)CCOCC2)s1. The van der Waals surface area contributed by atoms with Gasteiger partial charge in [0.2, 0.25) is 0 Å². The second kappa shape index (κ2) is 5.66. The number of aliphatic carboxylic acids is 1. The maximum Gasteiger partial charge on any atom is 0.311 e. The Hall–Kier alpha value is -1.47. The predicted octanol–water partition coefficient (Wildman–Crippen LogP) is 1.06. The van der Waals surface area contributed by atoms with Crippen LogP contribution in [0.2, 0.25) is 0 Å². The third kappa shape index (κ3) is 3.10. The number of hydrogen-bond acceptors (Lipinski definition) is 5. The molecule has 1 aliphatic rings. The molecule has 2 heterocycles. The van der Waals surface area contributed by atoms with E-state index in [2.05, 4.69) is 10.3 Å². The molecule has 19 heavy (non-hydrogen) atoms. The van der Waals surface area contributed by atoms with Crippen LogP contribution in [0.3, 0.4) is 0 Å². The molecule has 0 aromatic carbocycles. The number of rotatable bonds is 4. The fraction of sp³-hybridized carbons (Fsp3) is 0.583. The zero-order valence-corrected chi connectivity index (χ0v) is 11.5. The lowest BCUT2D eigenvalue weighted by Gasteiger charge is -2.33. The van der Waals surface area contributed by atoms with Crippen LogP contribution in [0, 0.1) is 12.3 Å². The van der Waals surface area contributed by atoms with Gasteiger partial charge in [-0.25, -0.2) is 4.98 Å². The third-order valence-corrected chi connectivity index (χ3v) is 4.25. The number of hydrogen-bond donors (Lipinski definition) is 2. The predicted molar refractivity (Wildman–Crippen MR) is 69.3 cm³/mol. The molecule has 0 bridgehead atoms. The number of aromatic nitrogens is 1. The molecule has 0 atom stereocenters. The van der Waals surface area contributed by atoms with Gasteiger partial charge in [-0.1, -0.05) is 0 Å². The average molecular weight is 284 g/mol. The smallest absolute Gasteiger partial charge is 0.311 e. The van der Waals surface area contributed by atoms with Crippen molar-refractivity contribution in [2.45, 2.75) is 19.8 Å². The maximum absolute atomic E-state index is 11.9. The van der Waals surface area contributed by atoms with Crippen LogP contribution >= 0.6 is 11.3 Å². The van der Waals surface area contributed by atoms with Crippen LogP contribution in [-0.2, 0) is 9.53 Å². The highest BCUT2D eigenvalue weighted by Crippen LogP contribution is 2.30. The Morgan fingerprint density at radius 3 is 2.74 bits per heavy atom. The number of thiazole rings is 1. The Balaban J connectivity index is 1.99. The molecule has 1 aromatic rings. The lowest BCUT2D eigenvalue weighted by Crippen LogP contribution is -2.46. The number of amides is 1.